The number of hydrogen-bond donors (Lipinski definition) is 1. The van der Waals surface area contributed by atoms with Crippen molar-refractivity contribution in [3.05, 3.63) is 65.9 Å². The quantitative estimate of drug-likeness (QED) is 0.666. The molecule has 0 amide bonds. The minimum Gasteiger partial charge on any atom is -0.465 e. The van der Waals surface area contributed by atoms with Crippen LogP contribution < -0.4 is 10.2 Å². The maximum atomic E-state index is 11.5. The molecule has 1 heterocycles. The summed E-state index contributed by atoms with van der Waals surface area (Å²) in [6.45, 7) is 4.86. The van der Waals surface area contributed by atoms with Crippen molar-refractivity contribution in [2.75, 3.05) is 23.9 Å². The number of carbonyl (C=O) groups excluding carboxylic acids is 1. The molecule has 0 unspecified atom stereocenters. The molecule has 1 N–H and O–H groups in total. The van der Waals surface area contributed by atoms with Gasteiger partial charge >= 0.3 is 5.97 Å². The number of aryl methyl sites for hydroxylation is 1. The first-order valence-corrected chi connectivity index (χ1v) is 8.60. The largest absolute Gasteiger partial charge is 0.465 e. The number of anilines is 4. The number of ether oxygens (including phenoxy) is 1. The lowest BCUT2D eigenvalue weighted by Gasteiger charge is -2.22. The van der Waals surface area contributed by atoms with Crippen LogP contribution >= 0.6 is 0 Å². The van der Waals surface area contributed by atoms with Crippen LogP contribution in [0.5, 0.6) is 0 Å². The topological polar surface area (TPSA) is 80.2 Å². The van der Waals surface area contributed by atoms with Gasteiger partial charge in [-0.1, -0.05) is 12.1 Å². The minimum absolute atomic E-state index is 0.377. The van der Waals surface area contributed by atoms with Crippen molar-refractivity contribution < 1.29 is 9.53 Å². The molecule has 138 valence electrons. The Hall–Kier alpha value is -3.48. The van der Waals surface area contributed by atoms with Gasteiger partial charge in [-0.25, -0.2) is 4.79 Å². The molecule has 0 bridgehead atoms. The Labute approximate surface area is 158 Å². The van der Waals surface area contributed by atoms with Crippen molar-refractivity contribution in [1.29, 1.82) is 0 Å². The van der Waals surface area contributed by atoms with E-state index in [4.69, 9.17) is 4.74 Å². The fraction of sp³-hybridized carbons (Fsp3) is 0.200. The van der Waals surface area contributed by atoms with Crippen molar-refractivity contribution >= 4 is 29.1 Å². The first kappa shape index (κ1) is 18.3. The van der Waals surface area contributed by atoms with E-state index >= 15 is 0 Å². The van der Waals surface area contributed by atoms with Gasteiger partial charge in [0.1, 0.15) is 0 Å². The fourth-order valence-electron chi connectivity index (χ4n) is 2.69. The molecule has 3 rings (SSSR count). The molecule has 0 aliphatic heterocycles. The lowest BCUT2D eigenvalue weighted by atomic mass is 10.2. The molecular formula is C20H21N5O2. The summed E-state index contributed by atoms with van der Waals surface area (Å²) in [5.74, 6) is 0.703. The van der Waals surface area contributed by atoms with E-state index in [0.29, 0.717) is 17.3 Å². The summed E-state index contributed by atoms with van der Waals surface area (Å²) >= 11 is 0. The van der Waals surface area contributed by atoms with Gasteiger partial charge in [0.25, 0.3) is 0 Å². The Morgan fingerprint density at radius 3 is 2.63 bits per heavy atom. The SMILES string of the molecule is CCN(c1cccc(C)c1)c1cnnc(Nc2ccc(C(=O)OC)cc2)n1. The predicted octanol–water partition coefficient (Wildman–Crippen LogP) is 3.87. The monoisotopic (exact) mass is 363 g/mol. The van der Waals surface area contributed by atoms with E-state index in [2.05, 4.69) is 51.4 Å². The van der Waals surface area contributed by atoms with Gasteiger partial charge < -0.3 is 15.0 Å². The fourth-order valence-corrected chi connectivity index (χ4v) is 2.69. The molecule has 7 nitrogen and oxygen atoms in total. The molecule has 1 aromatic heterocycles. The molecule has 0 radical (unpaired) electrons. The number of benzene rings is 2. The van der Waals surface area contributed by atoms with Crippen LogP contribution in [0.2, 0.25) is 0 Å². The molecular weight excluding hydrogens is 342 g/mol. The van der Waals surface area contributed by atoms with Crippen LogP contribution in [0.3, 0.4) is 0 Å². The van der Waals surface area contributed by atoms with Gasteiger partial charge in [0, 0.05) is 17.9 Å². The maximum absolute atomic E-state index is 11.5. The molecule has 3 aromatic rings. The third-order valence-corrected chi connectivity index (χ3v) is 4.01. The van der Waals surface area contributed by atoms with Crippen molar-refractivity contribution in [2.45, 2.75) is 13.8 Å². The number of nitrogens with one attached hydrogen (secondary N) is 1. The Morgan fingerprint density at radius 2 is 1.96 bits per heavy atom. The van der Waals surface area contributed by atoms with Gasteiger partial charge in [0.15, 0.2) is 5.82 Å². The Balaban J connectivity index is 1.81. The first-order chi connectivity index (χ1) is 13.1. The number of methoxy groups -OCH3 is 1. The second-order valence-corrected chi connectivity index (χ2v) is 5.92. The van der Waals surface area contributed by atoms with Gasteiger partial charge in [0.2, 0.25) is 5.95 Å². The Morgan fingerprint density at radius 1 is 1.19 bits per heavy atom. The average Bonchev–Trinajstić information content (AvgIpc) is 2.69. The summed E-state index contributed by atoms with van der Waals surface area (Å²) in [4.78, 5) is 18.1. The van der Waals surface area contributed by atoms with Crippen LogP contribution in [0.1, 0.15) is 22.8 Å². The number of aromatic nitrogens is 3. The number of nitrogens with zero attached hydrogens (tertiary/aromatic N) is 4. The Kier molecular flexibility index (Phi) is 5.61. The Bertz CT molecular complexity index is 928. The first-order valence-electron chi connectivity index (χ1n) is 8.60. The van der Waals surface area contributed by atoms with Gasteiger partial charge in [-0.3, -0.25) is 0 Å². The maximum Gasteiger partial charge on any atom is 0.337 e. The summed E-state index contributed by atoms with van der Waals surface area (Å²) in [6, 6.07) is 15.1. The number of rotatable bonds is 6. The molecule has 27 heavy (non-hydrogen) atoms. The zero-order valence-electron chi connectivity index (χ0n) is 15.5. The van der Waals surface area contributed by atoms with E-state index in [0.717, 1.165) is 17.9 Å². The minimum atomic E-state index is -0.377. The number of esters is 1. The van der Waals surface area contributed by atoms with Crippen molar-refractivity contribution in [2.24, 2.45) is 0 Å². The summed E-state index contributed by atoms with van der Waals surface area (Å²) in [6.07, 6.45) is 1.64. The smallest absolute Gasteiger partial charge is 0.337 e. The normalized spacial score (nSPS) is 10.3. The lowest BCUT2D eigenvalue weighted by molar-refractivity contribution is 0.0601. The summed E-state index contributed by atoms with van der Waals surface area (Å²) in [5, 5.41) is 11.2. The third kappa shape index (κ3) is 4.38. The molecule has 0 atom stereocenters. The van der Waals surface area contributed by atoms with Crippen LogP contribution in [0, 0.1) is 6.92 Å². The molecule has 0 saturated carbocycles. The van der Waals surface area contributed by atoms with Gasteiger partial charge in [-0.2, -0.15) is 10.1 Å². The van der Waals surface area contributed by atoms with E-state index in [1.165, 1.54) is 12.7 Å². The van der Waals surface area contributed by atoms with Gasteiger partial charge in [-0.15, -0.1) is 5.10 Å². The molecule has 0 fully saturated rings. The van der Waals surface area contributed by atoms with Gasteiger partial charge in [-0.05, 0) is 55.8 Å². The highest BCUT2D eigenvalue weighted by Crippen LogP contribution is 2.24. The van der Waals surface area contributed by atoms with E-state index in [1.54, 1.807) is 30.5 Å². The summed E-state index contributed by atoms with van der Waals surface area (Å²) in [5.41, 5.74) is 3.45. The highest BCUT2D eigenvalue weighted by atomic mass is 16.5. The van der Waals surface area contributed by atoms with Gasteiger partial charge in [0.05, 0.1) is 18.9 Å². The van der Waals surface area contributed by atoms with Crippen LogP contribution in [-0.4, -0.2) is 34.8 Å². The van der Waals surface area contributed by atoms with Crippen LogP contribution in [0.4, 0.5) is 23.1 Å². The van der Waals surface area contributed by atoms with Crippen molar-refractivity contribution in [3.63, 3.8) is 0 Å². The standard InChI is InChI=1S/C20H21N5O2/c1-4-25(17-7-5-6-14(2)12-17)18-13-21-24-20(23-18)22-16-10-8-15(9-11-16)19(26)27-3/h5-13H,4H2,1-3H3,(H,22,23,24). The van der Waals surface area contributed by atoms with E-state index in [-0.39, 0.29) is 5.97 Å². The molecule has 2 aromatic carbocycles. The van der Waals surface area contributed by atoms with Crippen LogP contribution in [-0.2, 0) is 4.74 Å². The van der Waals surface area contributed by atoms with E-state index in [1.807, 2.05) is 12.1 Å². The molecule has 0 spiro atoms. The van der Waals surface area contributed by atoms with E-state index < -0.39 is 0 Å². The number of carbonyl (C=O) groups is 1. The van der Waals surface area contributed by atoms with Crippen molar-refractivity contribution in [3.8, 4) is 0 Å². The third-order valence-electron chi connectivity index (χ3n) is 4.01. The second kappa shape index (κ2) is 8.27. The summed E-state index contributed by atoms with van der Waals surface area (Å²) in [7, 11) is 1.35. The highest BCUT2D eigenvalue weighted by Gasteiger charge is 2.11. The average molecular weight is 363 g/mol. The number of hydrogen-bond acceptors (Lipinski definition) is 7. The predicted molar refractivity (Wildman–Crippen MR) is 105 cm³/mol. The summed E-state index contributed by atoms with van der Waals surface area (Å²) < 4.78 is 4.70. The lowest BCUT2D eigenvalue weighted by Crippen LogP contribution is -2.18. The zero-order valence-corrected chi connectivity index (χ0v) is 15.5. The second-order valence-electron chi connectivity index (χ2n) is 5.92. The molecule has 0 saturated heterocycles. The van der Waals surface area contributed by atoms with E-state index in [9.17, 15) is 4.79 Å². The molecule has 7 heteroatoms. The van der Waals surface area contributed by atoms with Crippen molar-refractivity contribution in [1.82, 2.24) is 15.2 Å². The van der Waals surface area contributed by atoms with Crippen LogP contribution in [0.15, 0.2) is 54.7 Å². The highest BCUT2D eigenvalue weighted by molar-refractivity contribution is 5.89. The van der Waals surface area contributed by atoms with Crippen LogP contribution in [0.25, 0.3) is 0 Å². The zero-order chi connectivity index (χ0) is 19.2. The molecule has 0 aliphatic rings. The molecule has 0 aliphatic carbocycles.